The van der Waals surface area contributed by atoms with Gasteiger partial charge in [-0.2, -0.15) is 5.26 Å². The van der Waals surface area contributed by atoms with Crippen molar-refractivity contribution >= 4 is 11.0 Å². The summed E-state index contributed by atoms with van der Waals surface area (Å²) in [5.74, 6) is 0. The Hall–Kier alpha value is -2.80. The van der Waals surface area contributed by atoms with Crippen LogP contribution < -0.4 is 0 Å². The Morgan fingerprint density at radius 2 is 2.00 bits per heavy atom. The zero-order chi connectivity index (χ0) is 13.2. The monoisotopic (exact) mass is 246 g/mol. The number of hydrogen-bond donors (Lipinski definition) is 0. The maximum absolute atomic E-state index is 8.86. The molecule has 0 aliphatic carbocycles. The Morgan fingerprint density at radius 1 is 1.11 bits per heavy atom. The molecule has 0 amide bonds. The lowest BCUT2D eigenvalue weighted by molar-refractivity contribution is 1.23. The molecule has 4 nitrogen and oxygen atoms in total. The Labute approximate surface area is 110 Å². The summed E-state index contributed by atoms with van der Waals surface area (Å²) in [5, 5.41) is 8.86. The van der Waals surface area contributed by atoms with Crippen molar-refractivity contribution in [3.63, 3.8) is 0 Å². The second-order valence-electron chi connectivity index (χ2n) is 4.26. The molecule has 0 aliphatic heterocycles. The fourth-order valence-corrected chi connectivity index (χ4v) is 1.97. The lowest BCUT2D eigenvalue weighted by Gasteiger charge is -2.05. The lowest BCUT2D eigenvalue weighted by atomic mass is 10.1. The zero-order valence-electron chi connectivity index (χ0n) is 10.3. The van der Waals surface area contributed by atoms with Gasteiger partial charge in [0, 0.05) is 18.0 Å². The summed E-state index contributed by atoms with van der Waals surface area (Å²) in [5.41, 5.74) is 5.01. The summed E-state index contributed by atoms with van der Waals surface area (Å²) >= 11 is 0. The minimum Gasteiger partial charge on any atom is -0.264 e. The van der Waals surface area contributed by atoms with Gasteiger partial charge in [-0.3, -0.25) is 9.97 Å². The highest BCUT2D eigenvalue weighted by Crippen LogP contribution is 2.22. The number of nitriles is 1. The minimum absolute atomic E-state index is 0.592. The normalized spacial score (nSPS) is 10.3. The maximum Gasteiger partial charge on any atom is 0.0992 e. The first-order chi connectivity index (χ1) is 9.28. The molecule has 0 atom stereocenters. The molecule has 2 aromatic heterocycles. The van der Waals surface area contributed by atoms with Crippen molar-refractivity contribution in [1.82, 2.24) is 15.0 Å². The number of benzene rings is 1. The first kappa shape index (κ1) is 11.3. The van der Waals surface area contributed by atoms with E-state index in [-0.39, 0.29) is 0 Å². The smallest absolute Gasteiger partial charge is 0.0992 e. The van der Waals surface area contributed by atoms with Crippen molar-refractivity contribution in [2.45, 2.75) is 6.92 Å². The van der Waals surface area contributed by atoms with Gasteiger partial charge in [0.2, 0.25) is 0 Å². The van der Waals surface area contributed by atoms with E-state index in [0.717, 1.165) is 27.9 Å². The first-order valence-corrected chi connectivity index (χ1v) is 5.86. The molecule has 1 aromatic carbocycles. The van der Waals surface area contributed by atoms with Crippen molar-refractivity contribution in [3.05, 3.63) is 54.0 Å². The fraction of sp³-hybridized carbons (Fsp3) is 0.0667. The van der Waals surface area contributed by atoms with Crippen LogP contribution in [-0.4, -0.2) is 15.0 Å². The first-order valence-electron chi connectivity index (χ1n) is 5.86. The van der Waals surface area contributed by atoms with Gasteiger partial charge in [-0.15, -0.1) is 0 Å². The van der Waals surface area contributed by atoms with Crippen LogP contribution in [0.5, 0.6) is 0 Å². The van der Waals surface area contributed by atoms with Gasteiger partial charge in [0.05, 0.1) is 34.6 Å². The zero-order valence-corrected chi connectivity index (χ0v) is 10.3. The van der Waals surface area contributed by atoms with Crippen molar-refractivity contribution < 1.29 is 0 Å². The third-order valence-corrected chi connectivity index (χ3v) is 2.97. The third-order valence-electron chi connectivity index (χ3n) is 2.97. The van der Waals surface area contributed by atoms with E-state index in [2.05, 4.69) is 21.0 Å². The molecule has 3 rings (SSSR count). The van der Waals surface area contributed by atoms with Crippen LogP contribution in [-0.2, 0) is 0 Å². The molecule has 0 radical (unpaired) electrons. The molecule has 0 saturated carbocycles. The van der Waals surface area contributed by atoms with Gasteiger partial charge in [0.1, 0.15) is 0 Å². The Kier molecular flexibility index (Phi) is 2.66. The van der Waals surface area contributed by atoms with E-state index in [1.807, 2.05) is 19.1 Å². The van der Waals surface area contributed by atoms with Gasteiger partial charge in [0.25, 0.3) is 0 Å². The van der Waals surface area contributed by atoms with Gasteiger partial charge in [-0.1, -0.05) is 0 Å². The van der Waals surface area contributed by atoms with E-state index >= 15 is 0 Å². The average molecular weight is 246 g/mol. The second-order valence-corrected chi connectivity index (χ2v) is 4.26. The Morgan fingerprint density at radius 3 is 2.79 bits per heavy atom. The van der Waals surface area contributed by atoms with E-state index in [1.165, 1.54) is 0 Å². The van der Waals surface area contributed by atoms with Gasteiger partial charge >= 0.3 is 0 Å². The van der Waals surface area contributed by atoms with Crippen molar-refractivity contribution in [1.29, 1.82) is 5.26 Å². The molecule has 4 heteroatoms. The highest BCUT2D eigenvalue weighted by molar-refractivity contribution is 5.78. The summed E-state index contributed by atoms with van der Waals surface area (Å²) in [4.78, 5) is 13.0. The van der Waals surface area contributed by atoms with Crippen molar-refractivity contribution in [3.8, 4) is 17.3 Å². The van der Waals surface area contributed by atoms with Crippen LogP contribution >= 0.6 is 0 Å². The number of aromatic nitrogens is 3. The minimum atomic E-state index is 0.592. The van der Waals surface area contributed by atoms with E-state index in [1.54, 1.807) is 30.7 Å². The molecule has 0 spiro atoms. The third kappa shape index (κ3) is 2.02. The maximum atomic E-state index is 8.86. The summed E-state index contributed by atoms with van der Waals surface area (Å²) in [6, 6.07) is 9.34. The SMILES string of the molecule is Cc1cnccc1-c1cnc2cc(C#N)ccc2n1. The van der Waals surface area contributed by atoms with Crippen LogP contribution in [0, 0.1) is 18.3 Å². The largest absolute Gasteiger partial charge is 0.264 e. The Balaban J connectivity index is 2.18. The van der Waals surface area contributed by atoms with Crippen LogP contribution in [0.2, 0.25) is 0 Å². The summed E-state index contributed by atoms with van der Waals surface area (Å²) in [7, 11) is 0. The fourth-order valence-electron chi connectivity index (χ4n) is 1.97. The van der Waals surface area contributed by atoms with Crippen LogP contribution in [0.1, 0.15) is 11.1 Å². The van der Waals surface area contributed by atoms with Gasteiger partial charge < -0.3 is 0 Å². The number of nitrogens with zero attached hydrogens (tertiary/aromatic N) is 4. The topological polar surface area (TPSA) is 62.5 Å². The molecule has 2 heterocycles. The molecule has 0 fully saturated rings. The molecule has 0 aliphatic rings. The number of hydrogen-bond acceptors (Lipinski definition) is 4. The molecular formula is C15H10N4. The number of rotatable bonds is 1. The van der Waals surface area contributed by atoms with Crippen LogP contribution in [0.4, 0.5) is 0 Å². The van der Waals surface area contributed by atoms with E-state index in [0.29, 0.717) is 5.56 Å². The molecule has 19 heavy (non-hydrogen) atoms. The van der Waals surface area contributed by atoms with Gasteiger partial charge in [0.15, 0.2) is 0 Å². The molecule has 3 aromatic rings. The standard InChI is InChI=1S/C15H10N4/c1-10-8-17-5-4-12(10)15-9-18-14-6-11(7-16)2-3-13(14)19-15/h2-6,8-9H,1H3. The van der Waals surface area contributed by atoms with Crippen molar-refractivity contribution in [2.24, 2.45) is 0 Å². The lowest BCUT2D eigenvalue weighted by Crippen LogP contribution is -1.91. The van der Waals surface area contributed by atoms with Gasteiger partial charge in [-0.05, 0) is 36.8 Å². The van der Waals surface area contributed by atoms with Crippen LogP contribution in [0.15, 0.2) is 42.9 Å². The number of fused-ring (bicyclic) bond motifs is 1. The van der Waals surface area contributed by atoms with E-state index in [4.69, 9.17) is 5.26 Å². The highest BCUT2D eigenvalue weighted by atomic mass is 14.8. The number of pyridine rings is 1. The molecule has 90 valence electrons. The molecule has 0 saturated heterocycles. The second kappa shape index (κ2) is 4.46. The summed E-state index contributed by atoms with van der Waals surface area (Å²) in [6.07, 6.45) is 5.28. The summed E-state index contributed by atoms with van der Waals surface area (Å²) < 4.78 is 0. The molecule has 0 unspecified atom stereocenters. The highest BCUT2D eigenvalue weighted by Gasteiger charge is 2.05. The summed E-state index contributed by atoms with van der Waals surface area (Å²) in [6.45, 7) is 1.99. The quantitative estimate of drug-likeness (QED) is 0.662. The molecule has 0 bridgehead atoms. The Bertz CT molecular complexity index is 803. The van der Waals surface area contributed by atoms with Crippen molar-refractivity contribution in [2.75, 3.05) is 0 Å². The average Bonchev–Trinajstić information content (AvgIpc) is 2.46. The number of aryl methyl sites for hydroxylation is 1. The molecular weight excluding hydrogens is 236 g/mol. The van der Waals surface area contributed by atoms with E-state index < -0.39 is 0 Å². The van der Waals surface area contributed by atoms with Gasteiger partial charge in [-0.25, -0.2) is 4.98 Å². The van der Waals surface area contributed by atoms with E-state index in [9.17, 15) is 0 Å². The predicted octanol–water partition coefficient (Wildman–Crippen LogP) is 2.87. The van der Waals surface area contributed by atoms with Crippen LogP contribution in [0.3, 0.4) is 0 Å². The predicted molar refractivity (Wildman–Crippen MR) is 72.2 cm³/mol. The molecule has 0 N–H and O–H groups in total. The van der Waals surface area contributed by atoms with Crippen LogP contribution in [0.25, 0.3) is 22.3 Å².